The van der Waals surface area contributed by atoms with Gasteiger partial charge in [-0.1, -0.05) is 42.8 Å². The molecule has 0 aliphatic carbocycles. The standard InChI is InChI=1S/C22H23FN2O4S/c1-14-3-5-16(6-4-14)22(27)21-10-9-20(24-21)15(2)18-8-7-17(13-19(18)23)25-30(28,29)12-11-26/h3-10,13,15,24-26H,11-12H2,1-2H3. The molecule has 0 aliphatic heterocycles. The first kappa shape index (κ1) is 21.7. The van der Waals surface area contributed by atoms with Crippen LogP contribution in [0.5, 0.6) is 0 Å². The molecule has 3 aromatic rings. The number of halogens is 1. The van der Waals surface area contributed by atoms with Crippen molar-refractivity contribution in [2.75, 3.05) is 17.1 Å². The van der Waals surface area contributed by atoms with Crippen LogP contribution in [0.3, 0.4) is 0 Å². The molecule has 1 unspecified atom stereocenters. The fourth-order valence-electron chi connectivity index (χ4n) is 3.12. The normalized spacial score (nSPS) is 12.5. The van der Waals surface area contributed by atoms with E-state index in [1.807, 2.05) is 19.1 Å². The summed E-state index contributed by atoms with van der Waals surface area (Å²) in [5.41, 5.74) is 3.14. The van der Waals surface area contributed by atoms with Crippen molar-refractivity contribution in [3.8, 4) is 0 Å². The second-order valence-electron chi connectivity index (χ2n) is 7.13. The van der Waals surface area contributed by atoms with Gasteiger partial charge in [0.15, 0.2) is 0 Å². The van der Waals surface area contributed by atoms with Crippen LogP contribution in [0.1, 0.15) is 45.7 Å². The first-order valence-corrected chi connectivity index (χ1v) is 11.1. The molecule has 6 nitrogen and oxygen atoms in total. The minimum atomic E-state index is -3.73. The van der Waals surface area contributed by atoms with Crippen molar-refractivity contribution in [2.45, 2.75) is 19.8 Å². The van der Waals surface area contributed by atoms with Crippen LogP contribution in [0.4, 0.5) is 10.1 Å². The Kier molecular flexibility index (Phi) is 6.38. The summed E-state index contributed by atoms with van der Waals surface area (Å²) in [6, 6.07) is 14.7. The van der Waals surface area contributed by atoms with E-state index in [1.54, 1.807) is 31.2 Å². The number of aryl methyl sites for hydroxylation is 1. The van der Waals surface area contributed by atoms with E-state index in [-0.39, 0.29) is 17.4 Å². The predicted molar refractivity (Wildman–Crippen MR) is 114 cm³/mol. The monoisotopic (exact) mass is 430 g/mol. The summed E-state index contributed by atoms with van der Waals surface area (Å²) in [4.78, 5) is 15.7. The Balaban J connectivity index is 1.79. The number of aromatic amines is 1. The van der Waals surface area contributed by atoms with Crippen LogP contribution in [-0.4, -0.2) is 36.7 Å². The van der Waals surface area contributed by atoms with Crippen molar-refractivity contribution in [3.05, 3.63) is 88.5 Å². The predicted octanol–water partition coefficient (Wildman–Crippen LogP) is 3.58. The second kappa shape index (κ2) is 8.81. The molecule has 8 heteroatoms. The van der Waals surface area contributed by atoms with Crippen LogP contribution in [0, 0.1) is 12.7 Å². The molecule has 0 bridgehead atoms. The number of aliphatic hydroxyl groups excluding tert-OH is 1. The maximum absolute atomic E-state index is 14.7. The average Bonchev–Trinajstić information content (AvgIpc) is 3.17. The van der Waals surface area contributed by atoms with Crippen molar-refractivity contribution >= 4 is 21.5 Å². The van der Waals surface area contributed by atoms with Crippen molar-refractivity contribution in [3.63, 3.8) is 0 Å². The molecule has 0 amide bonds. The van der Waals surface area contributed by atoms with Gasteiger partial charge < -0.3 is 10.1 Å². The number of rotatable bonds is 8. The van der Waals surface area contributed by atoms with Gasteiger partial charge in [0, 0.05) is 17.2 Å². The third kappa shape index (κ3) is 4.95. The molecule has 0 saturated heterocycles. The Hall–Kier alpha value is -2.97. The molecular weight excluding hydrogens is 407 g/mol. The molecule has 3 N–H and O–H groups in total. The molecule has 158 valence electrons. The highest BCUT2D eigenvalue weighted by Crippen LogP contribution is 2.28. The van der Waals surface area contributed by atoms with Gasteiger partial charge in [-0.2, -0.15) is 0 Å². The maximum atomic E-state index is 14.7. The van der Waals surface area contributed by atoms with E-state index in [0.29, 0.717) is 22.5 Å². The van der Waals surface area contributed by atoms with Gasteiger partial charge in [-0.3, -0.25) is 9.52 Å². The van der Waals surface area contributed by atoms with Gasteiger partial charge in [-0.25, -0.2) is 12.8 Å². The topological polar surface area (TPSA) is 99.3 Å². The Morgan fingerprint density at radius 2 is 1.83 bits per heavy atom. The molecule has 3 rings (SSSR count). The van der Waals surface area contributed by atoms with Crippen molar-refractivity contribution in [1.29, 1.82) is 0 Å². The highest BCUT2D eigenvalue weighted by Gasteiger charge is 2.19. The van der Waals surface area contributed by atoms with Crippen molar-refractivity contribution in [1.82, 2.24) is 4.98 Å². The molecule has 0 fully saturated rings. The summed E-state index contributed by atoms with van der Waals surface area (Å²) in [6.07, 6.45) is 0. The molecule has 0 aliphatic rings. The van der Waals surface area contributed by atoms with E-state index < -0.39 is 28.2 Å². The first-order chi connectivity index (χ1) is 14.2. The van der Waals surface area contributed by atoms with E-state index in [1.165, 1.54) is 12.1 Å². The highest BCUT2D eigenvalue weighted by molar-refractivity contribution is 7.92. The minimum absolute atomic E-state index is 0.0821. The Labute approximate surface area is 174 Å². The summed E-state index contributed by atoms with van der Waals surface area (Å²) in [5.74, 6) is -1.57. The van der Waals surface area contributed by atoms with Gasteiger partial charge in [0.25, 0.3) is 0 Å². The molecule has 1 atom stereocenters. The summed E-state index contributed by atoms with van der Waals surface area (Å²) >= 11 is 0. The van der Waals surface area contributed by atoms with E-state index in [4.69, 9.17) is 5.11 Å². The summed E-state index contributed by atoms with van der Waals surface area (Å²) in [5, 5.41) is 8.78. The highest BCUT2D eigenvalue weighted by atomic mass is 32.2. The Bertz CT molecular complexity index is 1150. The molecule has 2 aromatic carbocycles. The van der Waals surface area contributed by atoms with Crippen LogP contribution in [0.2, 0.25) is 0 Å². The quantitative estimate of drug-likeness (QED) is 0.476. The SMILES string of the molecule is Cc1ccc(C(=O)c2ccc(C(C)c3ccc(NS(=O)(=O)CCO)cc3F)[nH]2)cc1. The summed E-state index contributed by atoms with van der Waals surface area (Å²) in [6.45, 7) is 3.21. The zero-order valence-electron chi connectivity index (χ0n) is 16.6. The number of aromatic nitrogens is 1. The van der Waals surface area contributed by atoms with Crippen LogP contribution < -0.4 is 4.72 Å². The third-order valence-electron chi connectivity index (χ3n) is 4.83. The van der Waals surface area contributed by atoms with Gasteiger partial charge in [0.05, 0.1) is 23.7 Å². The van der Waals surface area contributed by atoms with Gasteiger partial charge >= 0.3 is 0 Å². The van der Waals surface area contributed by atoms with E-state index in [2.05, 4.69) is 9.71 Å². The van der Waals surface area contributed by atoms with Gasteiger partial charge in [0.1, 0.15) is 5.82 Å². The average molecular weight is 431 g/mol. The Morgan fingerprint density at radius 3 is 2.47 bits per heavy atom. The minimum Gasteiger partial charge on any atom is -0.395 e. The van der Waals surface area contributed by atoms with E-state index in [9.17, 15) is 17.6 Å². The number of hydrogen-bond acceptors (Lipinski definition) is 4. The van der Waals surface area contributed by atoms with Crippen molar-refractivity contribution in [2.24, 2.45) is 0 Å². The number of nitrogens with one attached hydrogen (secondary N) is 2. The molecule has 1 heterocycles. The number of sulfonamides is 1. The van der Waals surface area contributed by atoms with Crippen molar-refractivity contribution < 1.29 is 22.7 Å². The molecule has 0 radical (unpaired) electrons. The number of hydrogen-bond donors (Lipinski definition) is 3. The number of anilines is 1. The lowest BCUT2D eigenvalue weighted by Crippen LogP contribution is -2.19. The largest absolute Gasteiger partial charge is 0.395 e. The molecule has 30 heavy (non-hydrogen) atoms. The van der Waals surface area contributed by atoms with Crippen LogP contribution >= 0.6 is 0 Å². The van der Waals surface area contributed by atoms with Gasteiger partial charge in [0.2, 0.25) is 15.8 Å². The maximum Gasteiger partial charge on any atom is 0.234 e. The third-order valence-corrected chi connectivity index (χ3v) is 6.10. The van der Waals surface area contributed by atoms with E-state index >= 15 is 0 Å². The number of benzene rings is 2. The van der Waals surface area contributed by atoms with E-state index in [0.717, 1.165) is 11.6 Å². The zero-order chi connectivity index (χ0) is 21.9. The number of aliphatic hydroxyl groups is 1. The van der Waals surface area contributed by atoms with Gasteiger partial charge in [-0.15, -0.1) is 0 Å². The molecule has 0 spiro atoms. The van der Waals surface area contributed by atoms with Crippen LogP contribution in [0.15, 0.2) is 54.6 Å². The lowest BCUT2D eigenvalue weighted by atomic mass is 9.97. The fraction of sp³-hybridized carbons (Fsp3) is 0.227. The second-order valence-corrected chi connectivity index (χ2v) is 8.97. The first-order valence-electron chi connectivity index (χ1n) is 9.41. The smallest absolute Gasteiger partial charge is 0.234 e. The number of carbonyl (C=O) groups excluding carboxylic acids is 1. The van der Waals surface area contributed by atoms with Crippen LogP contribution in [0.25, 0.3) is 0 Å². The van der Waals surface area contributed by atoms with Crippen LogP contribution in [-0.2, 0) is 10.0 Å². The molecule has 1 aromatic heterocycles. The lowest BCUT2D eigenvalue weighted by Gasteiger charge is -2.14. The molecule has 0 saturated carbocycles. The molecular formula is C22H23FN2O4S. The van der Waals surface area contributed by atoms with Gasteiger partial charge in [-0.05, 0) is 36.8 Å². The number of H-pyrrole nitrogens is 1. The number of ketones is 1. The summed E-state index contributed by atoms with van der Waals surface area (Å²) in [7, 11) is -3.73. The fourth-order valence-corrected chi connectivity index (χ4v) is 3.95. The lowest BCUT2D eigenvalue weighted by molar-refractivity contribution is 0.103. The summed E-state index contributed by atoms with van der Waals surface area (Å²) < 4.78 is 40.3. The number of carbonyl (C=O) groups is 1. The Morgan fingerprint density at radius 1 is 1.13 bits per heavy atom. The zero-order valence-corrected chi connectivity index (χ0v) is 17.5.